The molecule has 1 aromatic rings. The summed E-state index contributed by atoms with van der Waals surface area (Å²) in [5, 5.41) is 8.76. The molecule has 0 atom stereocenters. The van der Waals surface area contributed by atoms with Crippen LogP contribution >= 0.6 is 11.3 Å². The highest BCUT2D eigenvalue weighted by Gasteiger charge is 2.25. The van der Waals surface area contributed by atoms with Gasteiger partial charge >= 0.3 is 5.97 Å². The number of nitrogens with two attached hydrogens (primary N) is 1. The van der Waals surface area contributed by atoms with Crippen LogP contribution in [0.1, 0.15) is 10.5 Å². The molecule has 1 heterocycles. The molecule has 0 aromatic carbocycles. The Labute approximate surface area is 112 Å². The van der Waals surface area contributed by atoms with E-state index in [0.29, 0.717) is 11.3 Å². The minimum atomic E-state index is -3.96. The molecule has 106 valence electrons. The molecule has 0 radical (unpaired) electrons. The van der Waals surface area contributed by atoms with Crippen molar-refractivity contribution in [3.8, 4) is 0 Å². The van der Waals surface area contributed by atoms with Gasteiger partial charge in [0, 0.05) is 6.54 Å². The maximum absolute atomic E-state index is 11.8. The van der Waals surface area contributed by atoms with Crippen LogP contribution in [0.25, 0.3) is 0 Å². The third-order valence-corrected chi connectivity index (χ3v) is 4.60. The fraction of sp³-hybridized carbons (Fsp3) is 0.375. The summed E-state index contributed by atoms with van der Waals surface area (Å²) < 4.78 is 30.0. The molecule has 0 aliphatic rings. The molecule has 4 N–H and O–H groups in total. The van der Waals surface area contributed by atoms with Gasteiger partial charge in [0.1, 0.15) is 6.61 Å². The zero-order valence-corrected chi connectivity index (χ0v) is 11.2. The van der Waals surface area contributed by atoms with Crippen molar-refractivity contribution in [1.82, 2.24) is 9.71 Å². The number of nitrogens with zero attached hydrogens (tertiary/aromatic N) is 1. The first-order chi connectivity index (χ1) is 8.84. The molecule has 0 bridgehead atoms. The number of nitrogens with one attached hydrogen (secondary N) is 1. The van der Waals surface area contributed by atoms with Gasteiger partial charge in [-0.05, 0) is 0 Å². The number of carboxylic acids is 1. The van der Waals surface area contributed by atoms with Gasteiger partial charge in [0.05, 0.1) is 12.1 Å². The van der Waals surface area contributed by atoms with Crippen molar-refractivity contribution >= 4 is 33.2 Å². The second-order valence-corrected chi connectivity index (χ2v) is 6.03. The van der Waals surface area contributed by atoms with Gasteiger partial charge in [0.25, 0.3) is 10.0 Å². The van der Waals surface area contributed by atoms with Crippen molar-refractivity contribution in [3.05, 3.63) is 11.2 Å². The molecule has 0 aliphatic heterocycles. The first-order valence-electron chi connectivity index (χ1n) is 4.87. The normalized spacial score (nSPS) is 11.4. The van der Waals surface area contributed by atoms with Gasteiger partial charge in [-0.25, -0.2) is 22.9 Å². The third kappa shape index (κ3) is 4.55. The van der Waals surface area contributed by atoms with Crippen LogP contribution in [0.2, 0.25) is 0 Å². The van der Waals surface area contributed by atoms with Gasteiger partial charge in [-0.3, -0.25) is 4.79 Å². The Morgan fingerprint density at radius 2 is 2.21 bits per heavy atom. The largest absolute Gasteiger partial charge is 0.476 e. The van der Waals surface area contributed by atoms with E-state index in [1.165, 1.54) is 0 Å². The summed E-state index contributed by atoms with van der Waals surface area (Å²) in [7, 11) is -3.96. The Kier molecular flexibility index (Phi) is 5.35. The average Bonchev–Trinajstić information content (AvgIpc) is 2.77. The Morgan fingerprint density at radius 3 is 2.79 bits per heavy atom. The molecule has 0 spiro atoms. The number of amides is 1. The van der Waals surface area contributed by atoms with Crippen molar-refractivity contribution in [1.29, 1.82) is 0 Å². The highest BCUT2D eigenvalue weighted by molar-refractivity contribution is 7.91. The van der Waals surface area contributed by atoms with Crippen LogP contribution in [-0.2, 0) is 19.6 Å². The monoisotopic (exact) mass is 309 g/mol. The maximum atomic E-state index is 11.8. The van der Waals surface area contributed by atoms with Crippen LogP contribution in [0.3, 0.4) is 0 Å². The lowest BCUT2D eigenvalue weighted by molar-refractivity contribution is -0.122. The first kappa shape index (κ1) is 15.5. The molecule has 1 aromatic heterocycles. The second kappa shape index (κ2) is 6.56. The van der Waals surface area contributed by atoms with Crippen LogP contribution < -0.4 is 10.5 Å². The maximum Gasteiger partial charge on any atom is 0.356 e. The van der Waals surface area contributed by atoms with Crippen LogP contribution in [0, 0.1) is 0 Å². The number of hydrogen-bond acceptors (Lipinski definition) is 7. The van der Waals surface area contributed by atoms with Crippen LogP contribution in [0.5, 0.6) is 0 Å². The van der Waals surface area contributed by atoms with E-state index in [9.17, 15) is 18.0 Å². The standard InChI is InChI=1S/C8H11N3O6S2/c9-5(12)3-17-2-1-11-19(15,16)8-6(7(13)14)10-4-18-8/h4,11H,1-3H2,(H2,9,12)(H,13,14). The Morgan fingerprint density at radius 1 is 1.53 bits per heavy atom. The van der Waals surface area contributed by atoms with Gasteiger partial charge in [-0.15, -0.1) is 11.3 Å². The number of carboxylic acid groups (broad SMARTS) is 1. The predicted molar refractivity (Wildman–Crippen MR) is 64.3 cm³/mol. The Hall–Kier alpha value is -1.56. The first-order valence-corrected chi connectivity index (χ1v) is 7.23. The number of aromatic carboxylic acids is 1. The Balaban J connectivity index is 2.59. The summed E-state index contributed by atoms with van der Waals surface area (Å²) in [6.07, 6.45) is 0. The zero-order chi connectivity index (χ0) is 14.5. The van der Waals surface area contributed by atoms with Gasteiger partial charge in [0.2, 0.25) is 5.91 Å². The highest BCUT2D eigenvalue weighted by atomic mass is 32.2. The number of sulfonamides is 1. The van der Waals surface area contributed by atoms with E-state index in [4.69, 9.17) is 15.6 Å². The number of aromatic nitrogens is 1. The van der Waals surface area contributed by atoms with E-state index in [0.717, 1.165) is 5.51 Å². The lowest BCUT2D eigenvalue weighted by atomic mass is 10.5. The van der Waals surface area contributed by atoms with Gasteiger partial charge in [-0.1, -0.05) is 0 Å². The minimum Gasteiger partial charge on any atom is -0.476 e. The van der Waals surface area contributed by atoms with E-state index in [-0.39, 0.29) is 24.0 Å². The second-order valence-electron chi connectivity index (χ2n) is 3.21. The molecule has 19 heavy (non-hydrogen) atoms. The summed E-state index contributed by atoms with van der Waals surface area (Å²) in [4.78, 5) is 24.6. The quantitative estimate of drug-likeness (QED) is 0.501. The number of ether oxygens (including phenoxy) is 1. The lowest BCUT2D eigenvalue weighted by Crippen LogP contribution is -2.29. The van der Waals surface area contributed by atoms with E-state index in [1.54, 1.807) is 0 Å². The number of carbonyl (C=O) groups excluding carboxylic acids is 1. The predicted octanol–water partition coefficient (Wildman–Crippen LogP) is -1.38. The van der Waals surface area contributed by atoms with Gasteiger partial charge in [-0.2, -0.15) is 0 Å². The molecular weight excluding hydrogens is 298 g/mol. The third-order valence-electron chi connectivity index (χ3n) is 1.76. The fourth-order valence-electron chi connectivity index (χ4n) is 1.06. The molecule has 0 saturated carbocycles. The summed E-state index contributed by atoms with van der Waals surface area (Å²) in [5.74, 6) is -2.09. The van der Waals surface area contributed by atoms with Crippen molar-refractivity contribution in [2.75, 3.05) is 19.8 Å². The van der Waals surface area contributed by atoms with Crippen LogP contribution in [0.15, 0.2) is 9.72 Å². The summed E-state index contributed by atoms with van der Waals surface area (Å²) in [6.45, 7) is -0.501. The summed E-state index contributed by atoms with van der Waals surface area (Å²) >= 11 is 0.696. The van der Waals surface area contributed by atoms with Crippen molar-refractivity contribution in [2.24, 2.45) is 5.73 Å². The molecule has 11 heteroatoms. The average molecular weight is 309 g/mol. The fourth-order valence-corrected chi connectivity index (χ4v) is 3.25. The molecule has 0 saturated heterocycles. The number of carbonyl (C=O) groups is 2. The molecule has 0 unspecified atom stereocenters. The molecular formula is C8H11N3O6S2. The number of rotatable bonds is 8. The molecule has 0 aliphatic carbocycles. The van der Waals surface area contributed by atoms with Gasteiger partial charge < -0.3 is 15.6 Å². The van der Waals surface area contributed by atoms with E-state index in [1.807, 2.05) is 0 Å². The van der Waals surface area contributed by atoms with Gasteiger partial charge in [0.15, 0.2) is 9.90 Å². The van der Waals surface area contributed by atoms with E-state index < -0.39 is 27.6 Å². The molecule has 0 fully saturated rings. The molecule has 1 amide bonds. The lowest BCUT2D eigenvalue weighted by Gasteiger charge is -2.05. The number of hydrogen-bond donors (Lipinski definition) is 3. The number of primary amides is 1. The van der Waals surface area contributed by atoms with E-state index in [2.05, 4.69) is 9.71 Å². The number of thiazole rings is 1. The highest BCUT2D eigenvalue weighted by Crippen LogP contribution is 2.19. The Bertz CT molecular complexity index is 567. The topological polar surface area (TPSA) is 149 Å². The minimum absolute atomic E-state index is 0.0661. The SMILES string of the molecule is NC(=O)COCCNS(=O)(=O)c1scnc1C(=O)O. The molecule has 1 rings (SSSR count). The van der Waals surface area contributed by atoms with Crippen LogP contribution in [-0.4, -0.2) is 50.1 Å². The van der Waals surface area contributed by atoms with Crippen molar-refractivity contribution < 1.29 is 27.9 Å². The van der Waals surface area contributed by atoms with Crippen LogP contribution in [0.4, 0.5) is 0 Å². The zero-order valence-electron chi connectivity index (χ0n) is 9.53. The smallest absolute Gasteiger partial charge is 0.356 e. The summed E-state index contributed by atoms with van der Waals surface area (Å²) in [6, 6.07) is 0. The van der Waals surface area contributed by atoms with Crippen molar-refractivity contribution in [2.45, 2.75) is 4.21 Å². The molecule has 9 nitrogen and oxygen atoms in total. The van der Waals surface area contributed by atoms with Crippen molar-refractivity contribution in [3.63, 3.8) is 0 Å². The van der Waals surface area contributed by atoms with E-state index >= 15 is 0 Å². The summed E-state index contributed by atoms with van der Waals surface area (Å²) in [5.41, 5.74) is 5.41.